The highest BCUT2D eigenvalue weighted by Gasteiger charge is 2.53. The third kappa shape index (κ3) is 2.62. The number of nitrogens with zero attached hydrogens (tertiary/aromatic N) is 2. The van der Waals surface area contributed by atoms with Crippen molar-refractivity contribution in [1.29, 1.82) is 0 Å². The maximum Gasteiger partial charge on any atom is 0.410 e. The first-order valence-electron chi connectivity index (χ1n) is 7.96. The van der Waals surface area contributed by atoms with Crippen LogP contribution in [-0.2, 0) is 10.3 Å². The van der Waals surface area contributed by atoms with Crippen molar-refractivity contribution in [3.05, 3.63) is 30.2 Å². The molecule has 0 bridgehead atoms. The second-order valence-corrected chi connectivity index (χ2v) is 6.33. The number of fused-ring (bicyclic) bond motifs is 1. The van der Waals surface area contributed by atoms with Crippen molar-refractivity contribution < 1.29 is 27.1 Å². The molecule has 0 spiro atoms. The minimum absolute atomic E-state index is 0.372. The van der Waals surface area contributed by atoms with E-state index >= 15 is 0 Å². The van der Waals surface area contributed by atoms with Crippen LogP contribution in [-0.4, -0.2) is 47.9 Å². The summed E-state index contributed by atoms with van der Waals surface area (Å²) < 4.78 is 49.9. The molecular formula is C16H16F3N3O3. The maximum absolute atomic E-state index is 13.1. The van der Waals surface area contributed by atoms with Gasteiger partial charge in [-0.25, -0.2) is 9.78 Å². The molecule has 9 heteroatoms. The van der Waals surface area contributed by atoms with Crippen molar-refractivity contribution in [1.82, 2.24) is 15.2 Å². The monoisotopic (exact) mass is 355 g/mol. The molecule has 25 heavy (non-hydrogen) atoms. The predicted molar refractivity (Wildman–Crippen MR) is 80.8 cm³/mol. The lowest BCUT2D eigenvalue weighted by Gasteiger charge is -2.44. The lowest BCUT2D eigenvalue weighted by Crippen LogP contribution is -2.51. The molecule has 1 N–H and O–H groups in total. The average molecular weight is 355 g/mol. The molecule has 2 aromatic rings. The van der Waals surface area contributed by atoms with Gasteiger partial charge in [0.15, 0.2) is 12.0 Å². The minimum atomic E-state index is -4.48. The molecule has 0 unspecified atom stereocenters. The van der Waals surface area contributed by atoms with E-state index in [1.807, 2.05) is 0 Å². The number of carbonyl (C=O) groups is 1. The zero-order valence-electron chi connectivity index (χ0n) is 13.2. The molecule has 6 nitrogen and oxygen atoms in total. The van der Waals surface area contributed by atoms with E-state index in [0.717, 1.165) is 5.56 Å². The van der Waals surface area contributed by atoms with Gasteiger partial charge in [-0.1, -0.05) is 6.07 Å². The van der Waals surface area contributed by atoms with Gasteiger partial charge >= 0.3 is 12.2 Å². The summed E-state index contributed by atoms with van der Waals surface area (Å²) in [5, 5.41) is 2.05. The molecular weight excluding hydrogens is 339 g/mol. The molecule has 0 radical (unpaired) electrons. The molecule has 2 aliphatic rings. The molecule has 2 fully saturated rings. The first-order chi connectivity index (χ1) is 11.9. The van der Waals surface area contributed by atoms with Gasteiger partial charge in [0.05, 0.1) is 12.1 Å². The molecule has 1 aromatic carbocycles. The number of hydrogen-bond acceptors (Lipinski definition) is 4. The Hall–Kier alpha value is -2.29. The third-order valence-corrected chi connectivity index (χ3v) is 5.01. The van der Waals surface area contributed by atoms with E-state index in [4.69, 9.17) is 9.15 Å². The van der Waals surface area contributed by atoms with Crippen molar-refractivity contribution in [3.8, 4) is 0 Å². The second-order valence-electron chi connectivity index (χ2n) is 6.33. The van der Waals surface area contributed by atoms with Crippen LogP contribution in [0.15, 0.2) is 29.0 Å². The van der Waals surface area contributed by atoms with Gasteiger partial charge in [-0.15, -0.1) is 0 Å². The van der Waals surface area contributed by atoms with Crippen LogP contribution in [0.4, 0.5) is 18.0 Å². The minimum Gasteiger partial charge on any atom is -0.443 e. The summed E-state index contributed by atoms with van der Waals surface area (Å²) in [4.78, 5) is 17.8. The smallest absolute Gasteiger partial charge is 0.410 e. The number of benzene rings is 1. The highest BCUT2D eigenvalue weighted by Crippen LogP contribution is 2.42. The molecule has 2 amide bonds. The first kappa shape index (κ1) is 16.2. The molecule has 4 rings (SSSR count). The van der Waals surface area contributed by atoms with Crippen LogP contribution >= 0.6 is 0 Å². The van der Waals surface area contributed by atoms with Crippen LogP contribution in [0.25, 0.3) is 11.1 Å². The van der Waals surface area contributed by atoms with Crippen LogP contribution in [0, 0.1) is 0 Å². The molecule has 3 heterocycles. The van der Waals surface area contributed by atoms with Crippen molar-refractivity contribution in [2.24, 2.45) is 0 Å². The summed E-state index contributed by atoms with van der Waals surface area (Å²) in [6.45, 7) is 0.327. The van der Waals surface area contributed by atoms with Crippen molar-refractivity contribution in [3.63, 3.8) is 0 Å². The van der Waals surface area contributed by atoms with Crippen LogP contribution in [0.1, 0.15) is 18.4 Å². The largest absolute Gasteiger partial charge is 0.443 e. The summed E-state index contributed by atoms with van der Waals surface area (Å²) in [6.07, 6.45) is -2.32. The standard InChI is InChI=1S/C16H16F3N3O3/c17-16(18,19)13-8-22(14(23)21-13)15(3-5-24-6-4-15)10-1-2-12-11(7-10)20-9-25-12/h1-2,7,9,13H,3-6,8H2,(H,21,23)/t13-/m0/s1. The molecule has 1 aromatic heterocycles. The third-order valence-electron chi connectivity index (χ3n) is 5.01. The predicted octanol–water partition coefficient (Wildman–Crippen LogP) is 2.79. The zero-order chi connectivity index (χ0) is 17.7. The SMILES string of the molecule is O=C1N[C@H](C(F)(F)F)CN1C1(c2ccc3ocnc3c2)CCOCC1. The normalized spacial score (nSPS) is 23.9. The number of amides is 2. The Morgan fingerprint density at radius 1 is 1.28 bits per heavy atom. The topological polar surface area (TPSA) is 67.6 Å². The Balaban J connectivity index is 1.76. The number of aromatic nitrogens is 1. The van der Waals surface area contributed by atoms with Crippen LogP contribution in [0.3, 0.4) is 0 Å². The summed E-state index contributed by atoms with van der Waals surface area (Å²) in [6, 6.07) is 2.72. The summed E-state index contributed by atoms with van der Waals surface area (Å²) >= 11 is 0. The second kappa shape index (κ2) is 5.62. The molecule has 134 valence electrons. The molecule has 2 saturated heterocycles. The summed E-state index contributed by atoms with van der Waals surface area (Å²) in [5.74, 6) is 0. The van der Waals surface area contributed by atoms with Gasteiger partial charge in [0.2, 0.25) is 0 Å². The Morgan fingerprint density at radius 3 is 2.72 bits per heavy atom. The number of oxazole rings is 1. The van der Waals surface area contributed by atoms with E-state index < -0.39 is 30.3 Å². The van der Waals surface area contributed by atoms with Crippen molar-refractivity contribution in [2.45, 2.75) is 30.6 Å². The highest BCUT2D eigenvalue weighted by molar-refractivity contribution is 5.79. The maximum atomic E-state index is 13.1. The van der Waals surface area contributed by atoms with Crippen molar-refractivity contribution in [2.75, 3.05) is 19.8 Å². The summed E-state index contributed by atoms with van der Waals surface area (Å²) in [7, 11) is 0. The number of halogens is 3. The van der Waals surface area contributed by atoms with Gasteiger partial charge in [0.25, 0.3) is 0 Å². The Bertz CT molecular complexity index is 799. The average Bonchev–Trinajstić information content (AvgIpc) is 3.21. The number of urea groups is 1. The van der Waals surface area contributed by atoms with Gasteiger partial charge in [-0.2, -0.15) is 13.2 Å². The highest BCUT2D eigenvalue weighted by atomic mass is 19.4. The molecule has 1 atom stereocenters. The van der Waals surface area contributed by atoms with Crippen LogP contribution in [0.5, 0.6) is 0 Å². The van der Waals surface area contributed by atoms with Crippen LogP contribution < -0.4 is 5.32 Å². The number of alkyl halides is 3. The fraction of sp³-hybridized carbons (Fsp3) is 0.500. The molecule has 0 aliphatic carbocycles. The van der Waals surface area contributed by atoms with Gasteiger partial charge in [0.1, 0.15) is 11.6 Å². The Morgan fingerprint density at radius 2 is 2.04 bits per heavy atom. The first-order valence-corrected chi connectivity index (χ1v) is 7.96. The van der Waals surface area contributed by atoms with E-state index in [1.165, 1.54) is 11.3 Å². The van der Waals surface area contributed by atoms with Crippen LogP contribution in [0.2, 0.25) is 0 Å². The Kier molecular flexibility index (Phi) is 3.64. The number of hydrogen-bond donors (Lipinski definition) is 1. The fourth-order valence-electron chi connectivity index (χ4n) is 3.66. The van der Waals surface area contributed by atoms with Gasteiger partial charge in [-0.3, -0.25) is 0 Å². The van der Waals surface area contributed by atoms with E-state index in [2.05, 4.69) is 10.3 Å². The van der Waals surface area contributed by atoms with Gasteiger partial charge < -0.3 is 19.4 Å². The number of ether oxygens (including phenoxy) is 1. The van der Waals surface area contributed by atoms with E-state index in [0.29, 0.717) is 37.2 Å². The van der Waals surface area contributed by atoms with Gasteiger partial charge in [0, 0.05) is 13.2 Å². The fourth-order valence-corrected chi connectivity index (χ4v) is 3.66. The number of carbonyl (C=O) groups excluding carboxylic acids is 1. The number of nitrogens with one attached hydrogen (secondary N) is 1. The van der Waals surface area contributed by atoms with E-state index in [1.54, 1.807) is 18.2 Å². The number of rotatable bonds is 2. The van der Waals surface area contributed by atoms with Crippen molar-refractivity contribution >= 4 is 17.1 Å². The van der Waals surface area contributed by atoms with E-state index in [9.17, 15) is 18.0 Å². The quantitative estimate of drug-likeness (QED) is 0.900. The Labute approximate surface area is 140 Å². The zero-order valence-corrected chi connectivity index (χ0v) is 13.2. The molecule has 2 aliphatic heterocycles. The van der Waals surface area contributed by atoms with Gasteiger partial charge in [-0.05, 0) is 30.5 Å². The summed E-state index contributed by atoms with van der Waals surface area (Å²) in [5.41, 5.74) is 1.09. The lowest BCUT2D eigenvalue weighted by molar-refractivity contribution is -0.151. The van der Waals surface area contributed by atoms with E-state index in [-0.39, 0.29) is 0 Å². The lowest BCUT2D eigenvalue weighted by atomic mass is 9.81. The molecule has 0 saturated carbocycles.